The summed E-state index contributed by atoms with van der Waals surface area (Å²) in [4.78, 5) is 13.4. The lowest BCUT2D eigenvalue weighted by atomic mass is 9.92. The Balaban J connectivity index is 1.58. The number of anilines is 1. The van der Waals surface area contributed by atoms with Crippen LogP contribution in [0.25, 0.3) is 0 Å². The first-order chi connectivity index (χ1) is 15.0. The molecular formula is C23H14BrCl2N3O2. The van der Waals surface area contributed by atoms with E-state index < -0.39 is 5.72 Å². The number of fused-ring (bicyclic) bond motifs is 6. The summed E-state index contributed by atoms with van der Waals surface area (Å²) in [6.45, 7) is 0. The smallest absolute Gasteiger partial charge is 0.306 e. The second-order valence-corrected chi connectivity index (χ2v) is 9.48. The van der Waals surface area contributed by atoms with Gasteiger partial charge >= 0.3 is 5.72 Å². The van der Waals surface area contributed by atoms with Crippen molar-refractivity contribution >= 4 is 56.4 Å². The van der Waals surface area contributed by atoms with E-state index in [1.54, 1.807) is 29.3 Å². The summed E-state index contributed by atoms with van der Waals surface area (Å²) >= 11 is 16.1. The molecule has 0 bridgehead atoms. The minimum absolute atomic E-state index is 0.211. The Morgan fingerprint density at radius 3 is 2.61 bits per heavy atom. The molecule has 0 fully saturated rings. The van der Waals surface area contributed by atoms with Crippen LogP contribution in [0, 0.1) is 0 Å². The molecule has 0 aliphatic carbocycles. The van der Waals surface area contributed by atoms with Gasteiger partial charge in [0.05, 0.1) is 23.0 Å². The van der Waals surface area contributed by atoms with E-state index in [0.29, 0.717) is 33.5 Å². The third kappa shape index (κ3) is 2.75. The van der Waals surface area contributed by atoms with Crippen molar-refractivity contribution in [1.29, 1.82) is 0 Å². The van der Waals surface area contributed by atoms with E-state index in [0.717, 1.165) is 21.3 Å². The number of benzene rings is 3. The van der Waals surface area contributed by atoms with Crippen molar-refractivity contribution in [3.63, 3.8) is 0 Å². The molecule has 3 heterocycles. The minimum atomic E-state index is -1.44. The van der Waals surface area contributed by atoms with E-state index >= 15 is 0 Å². The van der Waals surface area contributed by atoms with Crippen LogP contribution in [0.15, 0.2) is 70.2 Å². The maximum Gasteiger partial charge on any atom is 0.306 e. The number of nitrogens with one attached hydrogen (secondary N) is 1. The Morgan fingerprint density at radius 1 is 1.06 bits per heavy atom. The van der Waals surface area contributed by atoms with Gasteiger partial charge in [0, 0.05) is 26.5 Å². The second-order valence-electron chi connectivity index (χ2n) is 7.69. The maximum absolute atomic E-state index is 13.4. The van der Waals surface area contributed by atoms with Crippen molar-refractivity contribution in [1.82, 2.24) is 5.01 Å². The number of amides is 1. The van der Waals surface area contributed by atoms with Crippen LogP contribution in [0.2, 0.25) is 10.0 Å². The summed E-state index contributed by atoms with van der Waals surface area (Å²) in [6.07, 6.45) is 0.614. The monoisotopic (exact) mass is 513 g/mol. The highest BCUT2D eigenvalue weighted by Gasteiger charge is 2.61. The van der Waals surface area contributed by atoms with Crippen molar-refractivity contribution < 1.29 is 9.53 Å². The molecule has 31 heavy (non-hydrogen) atoms. The van der Waals surface area contributed by atoms with Crippen LogP contribution in [-0.4, -0.2) is 16.6 Å². The van der Waals surface area contributed by atoms with Crippen molar-refractivity contribution in [2.45, 2.75) is 18.2 Å². The van der Waals surface area contributed by atoms with Gasteiger partial charge in [0.1, 0.15) is 5.75 Å². The third-order valence-corrected chi connectivity index (χ3v) is 6.90. The third-order valence-electron chi connectivity index (χ3n) is 5.90. The van der Waals surface area contributed by atoms with Gasteiger partial charge in [0.15, 0.2) is 0 Å². The molecule has 5 nitrogen and oxygen atoms in total. The number of hydrazone groups is 1. The maximum atomic E-state index is 13.4. The normalized spacial score (nSPS) is 23.1. The van der Waals surface area contributed by atoms with E-state index in [2.05, 4.69) is 21.2 Å². The van der Waals surface area contributed by atoms with Gasteiger partial charge in [-0.1, -0.05) is 51.3 Å². The van der Waals surface area contributed by atoms with E-state index in [1.165, 1.54) is 0 Å². The first kappa shape index (κ1) is 19.2. The van der Waals surface area contributed by atoms with Crippen LogP contribution >= 0.6 is 39.1 Å². The topological polar surface area (TPSA) is 53.9 Å². The summed E-state index contributed by atoms with van der Waals surface area (Å²) in [7, 11) is 0. The number of rotatable bonds is 1. The predicted octanol–water partition coefficient (Wildman–Crippen LogP) is 6.10. The molecule has 3 aliphatic heterocycles. The molecule has 0 aromatic heterocycles. The van der Waals surface area contributed by atoms with E-state index in [4.69, 9.17) is 33.0 Å². The van der Waals surface area contributed by atoms with Crippen LogP contribution in [0.4, 0.5) is 5.69 Å². The highest BCUT2D eigenvalue weighted by Crippen LogP contribution is 2.54. The first-order valence-corrected chi connectivity index (χ1v) is 11.2. The van der Waals surface area contributed by atoms with Gasteiger partial charge in [-0.3, -0.25) is 4.79 Å². The number of hydrogen-bond donors (Lipinski definition) is 1. The van der Waals surface area contributed by atoms with Gasteiger partial charge < -0.3 is 10.1 Å². The largest absolute Gasteiger partial charge is 0.453 e. The molecule has 3 aliphatic rings. The Kier molecular flexibility index (Phi) is 4.16. The number of hydrogen-bond acceptors (Lipinski definition) is 4. The van der Waals surface area contributed by atoms with Crippen LogP contribution in [0.5, 0.6) is 5.75 Å². The molecule has 0 saturated heterocycles. The average molecular weight is 515 g/mol. The SMILES string of the molecule is O=C1Nc2ccc(Cl)cc2[C@]12Oc1ccc(Cl)cc1[C@@H]1CC(c3ccc(Br)cc3)=NN12. The molecule has 8 heteroatoms. The van der Waals surface area contributed by atoms with Gasteiger partial charge in [-0.05, 0) is 54.1 Å². The van der Waals surface area contributed by atoms with Gasteiger partial charge in [-0.2, -0.15) is 5.10 Å². The summed E-state index contributed by atoms with van der Waals surface area (Å²) in [6, 6.07) is 18.5. The van der Waals surface area contributed by atoms with Crippen molar-refractivity contribution in [2.24, 2.45) is 5.10 Å². The number of carbonyl (C=O) groups is 1. The lowest BCUT2D eigenvalue weighted by Crippen LogP contribution is -2.55. The first-order valence-electron chi connectivity index (χ1n) is 9.68. The van der Waals surface area contributed by atoms with Gasteiger partial charge in [-0.15, -0.1) is 0 Å². The van der Waals surface area contributed by atoms with E-state index in [9.17, 15) is 4.79 Å². The van der Waals surface area contributed by atoms with Crippen molar-refractivity contribution in [2.75, 3.05) is 5.32 Å². The molecule has 0 radical (unpaired) electrons. The highest BCUT2D eigenvalue weighted by atomic mass is 79.9. The molecule has 2 atom stereocenters. The van der Waals surface area contributed by atoms with Crippen LogP contribution in [0.1, 0.15) is 29.2 Å². The zero-order valence-electron chi connectivity index (χ0n) is 15.9. The molecule has 0 saturated carbocycles. The average Bonchev–Trinajstić information content (AvgIpc) is 3.31. The minimum Gasteiger partial charge on any atom is -0.453 e. The highest BCUT2D eigenvalue weighted by molar-refractivity contribution is 9.10. The fourth-order valence-electron chi connectivity index (χ4n) is 4.50. The quantitative estimate of drug-likeness (QED) is 0.426. The predicted molar refractivity (Wildman–Crippen MR) is 124 cm³/mol. The van der Waals surface area contributed by atoms with Crippen LogP contribution in [0.3, 0.4) is 0 Å². The summed E-state index contributed by atoms with van der Waals surface area (Å²) < 4.78 is 7.42. The molecule has 3 aromatic carbocycles. The molecule has 0 unspecified atom stereocenters. The Labute approximate surface area is 196 Å². The summed E-state index contributed by atoms with van der Waals surface area (Å²) in [5.41, 5.74) is 2.63. The zero-order chi connectivity index (χ0) is 21.3. The summed E-state index contributed by atoms with van der Waals surface area (Å²) in [5.74, 6) is 0.317. The van der Waals surface area contributed by atoms with Crippen molar-refractivity contribution in [3.05, 3.63) is 91.9 Å². The zero-order valence-corrected chi connectivity index (χ0v) is 19.0. The van der Waals surface area contributed by atoms with Gasteiger partial charge in [0.2, 0.25) is 0 Å². The Hall–Kier alpha value is -2.54. The Morgan fingerprint density at radius 2 is 1.81 bits per heavy atom. The Bertz CT molecular complexity index is 1290. The van der Waals surface area contributed by atoms with Gasteiger partial charge in [-0.25, -0.2) is 5.01 Å². The lowest BCUT2D eigenvalue weighted by Gasteiger charge is -2.44. The number of halogens is 3. The fraction of sp³-hybridized carbons (Fsp3) is 0.130. The molecular weight excluding hydrogens is 501 g/mol. The molecule has 1 spiro atoms. The van der Waals surface area contributed by atoms with Crippen molar-refractivity contribution in [3.8, 4) is 5.75 Å². The van der Waals surface area contributed by atoms with Gasteiger partial charge in [0.25, 0.3) is 5.91 Å². The van der Waals surface area contributed by atoms with E-state index in [-0.39, 0.29) is 11.9 Å². The standard InChI is InChI=1S/C23H14BrCl2N3O2/c24-13-3-1-12(2-4-13)19-11-20-16-9-14(25)6-8-21(16)31-23(29(20)28-19)17-10-15(26)5-7-18(17)27-22(23)30/h1-10,20H,11H2,(H,27,30)/t20-,23-/m0/s1. The molecule has 1 amide bonds. The van der Waals surface area contributed by atoms with Crippen LogP contribution < -0.4 is 10.1 Å². The number of ether oxygens (including phenoxy) is 1. The molecule has 1 N–H and O–H groups in total. The fourth-order valence-corrected chi connectivity index (χ4v) is 5.12. The number of carbonyl (C=O) groups excluding carboxylic acids is 1. The van der Waals surface area contributed by atoms with Crippen LogP contribution in [-0.2, 0) is 10.5 Å². The number of nitrogens with zero attached hydrogens (tertiary/aromatic N) is 2. The molecule has 3 aromatic rings. The molecule has 154 valence electrons. The molecule has 6 rings (SSSR count). The lowest BCUT2D eigenvalue weighted by molar-refractivity contribution is -0.161. The summed E-state index contributed by atoms with van der Waals surface area (Å²) in [5, 5.41) is 10.7. The van der Waals surface area contributed by atoms with E-state index in [1.807, 2.05) is 36.4 Å². The second kappa shape index (κ2) is 6.73.